The number of hydrogen-bond donors (Lipinski definition) is 1. The Balaban J connectivity index is 1.44. The summed E-state index contributed by atoms with van der Waals surface area (Å²) in [6, 6.07) is 17.6. The molecule has 1 saturated carbocycles. The number of ether oxygens (including phenoxy) is 1. The molecule has 0 radical (unpaired) electrons. The van der Waals surface area contributed by atoms with E-state index in [0.29, 0.717) is 17.3 Å². The molecular formula is C24H25N3O2. The summed E-state index contributed by atoms with van der Waals surface area (Å²) >= 11 is 0. The number of carbonyl (C=O) groups is 1. The van der Waals surface area contributed by atoms with Gasteiger partial charge >= 0.3 is 6.01 Å². The third-order valence-corrected chi connectivity index (χ3v) is 5.23. The van der Waals surface area contributed by atoms with Gasteiger partial charge in [0.15, 0.2) is 0 Å². The van der Waals surface area contributed by atoms with E-state index in [2.05, 4.69) is 15.3 Å². The van der Waals surface area contributed by atoms with Gasteiger partial charge in [-0.2, -0.15) is 0 Å². The van der Waals surface area contributed by atoms with Gasteiger partial charge in [-0.25, -0.2) is 9.97 Å². The average molecular weight is 387 g/mol. The van der Waals surface area contributed by atoms with Crippen molar-refractivity contribution in [2.24, 2.45) is 0 Å². The van der Waals surface area contributed by atoms with E-state index in [1.165, 1.54) is 25.7 Å². The monoisotopic (exact) mass is 387 g/mol. The first-order valence-electron chi connectivity index (χ1n) is 10.2. The Hall–Kier alpha value is -3.21. The second-order valence-electron chi connectivity index (χ2n) is 7.41. The van der Waals surface area contributed by atoms with Crippen molar-refractivity contribution in [1.29, 1.82) is 0 Å². The van der Waals surface area contributed by atoms with Crippen molar-refractivity contribution in [3.05, 3.63) is 72.6 Å². The molecule has 1 aromatic heterocycles. The van der Waals surface area contributed by atoms with Gasteiger partial charge in [-0.1, -0.05) is 56.0 Å². The molecule has 1 fully saturated rings. The first-order chi connectivity index (χ1) is 14.3. The summed E-state index contributed by atoms with van der Waals surface area (Å²) in [5, 5.41) is 3.20. The number of rotatable bonds is 5. The molecule has 0 aliphatic heterocycles. The number of amides is 1. The van der Waals surface area contributed by atoms with Gasteiger partial charge < -0.3 is 10.1 Å². The van der Waals surface area contributed by atoms with Crippen molar-refractivity contribution in [1.82, 2.24) is 15.3 Å². The highest BCUT2D eigenvalue weighted by atomic mass is 16.5. The molecule has 0 saturated heterocycles. The molecular weight excluding hydrogens is 362 g/mol. The molecule has 148 valence electrons. The normalized spacial score (nSPS) is 14.8. The zero-order valence-electron chi connectivity index (χ0n) is 16.4. The minimum Gasteiger partial charge on any atom is -0.424 e. The quantitative estimate of drug-likeness (QED) is 0.596. The molecule has 2 aromatic carbocycles. The number of aromatic nitrogens is 2. The summed E-state index contributed by atoms with van der Waals surface area (Å²) in [7, 11) is 0. The molecule has 4 rings (SSSR count). The Labute approximate surface area is 171 Å². The Kier molecular flexibility index (Phi) is 6.15. The van der Waals surface area contributed by atoms with Crippen LogP contribution in [-0.4, -0.2) is 21.9 Å². The second kappa shape index (κ2) is 9.32. The van der Waals surface area contributed by atoms with Gasteiger partial charge in [-0.05, 0) is 42.7 Å². The van der Waals surface area contributed by atoms with Crippen LogP contribution in [0.15, 0.2) is 67.0 Å². The van der Waals surface area contributed by atoms with E-state index in [1.54, 1.807) is 12.4 Å². The fraction of sp³-hybridized carbons (Fsp3) is 0.292. The fourth-order valence-electron chi connectivity index (χ4n) is 3.64. The summed E-state index contributed by atoms with van der Waals surface area (Å²) < 4.78 is 5.64. The Bertz CT molecular complexity index is 934. The molecule has 1 N–H and O–H groups in total. The van der Waals surface area contributed by atoms with E-state index in [1.807, 2.05) is 54.6 Å². The zero-order chi connectivity index (χ0) is 19.9. The van der Waals surface area contributed by atoms with Crippen LogP contribution >= 0.6 is 0 Å². The summed E-state index contributed by atoms with van der Waals surface area (Å²) in [4.78, 5) is 21.3. The van der Waals surface area contributed by atoms with E-state index in [0.717, 1.165) is 24.0 Å². The van der Waals surface area contributed by atoms with Crippen LogP contribution in [0.3, 0.4) is 0 Å². The predicted molar refractivity (Wildman–Crippen MR) is 113 cm³/mol. The summed E-state index contributed by atoms with van der Waals surface area (Å²) in [6.45, 7) is 0. The number of nitrogens with zero attached hydrogens (tertiary/aromatic N) is 2. The number of nitrogens with one attached hydrogen (secondary N) is 1. The molecule has 0 atom stereocenters. The first kappa shape index (κ1) is 19.1. The molecule has 0 bridgehead atoms. The van der Waals surface area contributed by atoms with Crippen LogP contribution in [0.5, 0.6) is 11.8 Å². The van der Waals surface area contributed by atoms with Crippen LogP contribution in [0.4, 0.5) is 0 Å². The highest BCUT2D eigenvalue weighted by Gasteiger charge is 2.16. The van der Waals surface area contributed by atoms with Gasteiger partial charge in [-0.3, -0.25) is 4.79 Å². The number of para-hydroxylation sites is 1. The lowest BCUT2D eigenvalue weighted by molar-refractivity contribution is 0.0933. The summed E-state index contributed by atoms with van der Waals surface area (Å²) in [5.74, 6) is 0.682. The smallest absolute Gasteiger partial charge is 0.321 e. The molecule has 0 unspecified atom stereocenters. The topological polar surface area (TPSA) is 64.1 Å². The van der Waals surface area contributed by atoms with Crippen LogP contribution in [-0.2, 0) is 0 Å². The standard InChI is InChI=1S/C24H25N3O2/c28-23(27-21-11-4-1-2-5-12-21)19-10-8-9-18(15-19)20-16-25-24(26-17-20)29-22-13-6-3-7-14-22/h3,6-10,13-17,21H,1-2,4-5,11-12H2,(H,27,28). The molecule has 1 aliphatic rings. The van der Waals surface area contributed by atoms with Gasteiger partial charge in [-0.15, -0.1) is 0 Å². The SMILES string of the molecule is O=C(NC1CCCCCC1)c1cccc(-c2cnc(Oc3ccccc3)nc2)c1. The van der Waals surface area contributed by atoms with Crippen LogP contribution < -0.4 is 10.1 Å². The largest absolute Gasteiger partial charge is 0.424 e. The molecule has 3 aromatic rings. The van der Waals surface area contributed by atoms with Crippen molar-refractivity contribution in [3.63, 3.8) is 0 Å². The van der Waals surface area contributed by atoms with Crippen molar-refractivity contribution in [2.45, 2.75) is 44.6 Å². The van der Waals surface area contributed by atoms with E-state index >= 15 is 0 Å². The maximum Gasteiger partial charge on any atom is 0.321 e. The van der Waals surface area contributed by atoms with E-state index in [-0.39, 0.29) is 11.9 Å². The van der Waals surface area contributed by atoms with Crippen molar-refractivity contribution in [3.8, 4) is 22.9 Å². The van der Waals surface area contributed by atoms with Gasteiger partial charge in [0.1, 0.15) is 5.75 Å². The van der Waals surface area contributed by atoms with Gasteiger partial charge in [0.25, 0.3) is 5.91 Å². The van der Waals surface area contributed by atoms with Gasteiger partial charge in [0.05, 0.1) is 0 Å². The van der Waals surface area contributed by atoms with E-state index < -0.39 is 0 Å². The fourth-order valence-corrected chi connectivity index (χ4v) is 3.64. The minimum absolute atomic E-state index is 0.0105. The first-order valence-corrected chi connectivity index (χ1v) is 10.2. The van der Waals surface area contributed by atoms with Gasteiger partial charge in [0.2, 0.25) is 0 Å². The Morgan fingerprint density at radius 3 is 2.31 bits per heavy atom. The van der Waals surface area contributed by atoms with E-state index in [9.17, 15) is 4.79 Å². The number of benzene rings is 2. The average Bonchev–Trinajstić information content (AvgIpc) is 3.04. The zero-order valence-corrected chi connectivity index (χ0v) is 16.4. The van der Waals surface area contributed by atoms with Gasteiger partial charge in [0, 0.05) is 29.6 Å². The lowest BCUT2D eigenvalue weighted by Gasteiger charge is -2.16. The van der Waals surface area contributed by atoms with Crippen LogP contribution in [0.2, 0.25) is 0 Å². The molecule has 1 amide bonds. The third kappa shape index (κ3) is 5.19. The highest BCUT2D eigenvalue weighted by Crippen LogP contribution is 2.23. The summed E-state index contributed by atoms with van der Waals surface area (Å²) in [5.41, 5.74) is 2.41. The molecule has 0 spiro atoms. The van der Waals surface area contributed by atoms with Crippen molar-refractivity contribution >= 4 is 5.91 Å². The minimum atomic E-state index is -0.0105. The molecule has 29 heavy (non-hydrogen) atoms. The second-order valence-corrected chi connectivity index (χ2v) is 7.41. The predicted octanol–water partition coefficient (Wildman–Crippen LogP) is 5.39. The lowest BCUT2D eigenvalue weighted by atomic mass is 10.0. The highest BCUT2D eigenvalue weighted by molar-refractivity contribution is 5.95. The third-order valence-electron chi connectivity index (χ3n) is 5.23. The Morgan fingerprint density at radius 2 is 1.59 bits per heavy atom. The Morgan fingerprint density at radius 1 is 0.862 bits per heavy atom. The maximum atomic E-state index is 12.7. The molecule has 1 aliphatic carbocycles. The van der Waals surface area contributed by atoms with Crippen LogP contribution in [0.1, 0.15) is 48.9 Å². The van der Waals surface area contributed by atoms with Crippen LogP contribution in [0, 0.1) is 0 Å². The number of carbonyl (C=O) groups excluding carboxylic acids is 1. The summed E-state index contributed by atoms with van der Waals surface area (Å²) in [6.07, 6.45) is 10.5. The molecule has 5 heteroatoms. The lowest BCUT2D eigenvalue weighted by Crippen LogP contribution is -2.34. The van der Waals surface area contributed by atoms with Crippen molar-refractivity contribution in [2.75, 3.05) is 0 Å². The number of hydrogen-bond acceptors (Lipinski definition) is 4. The van der Waals surface area contributed by atoms with Crippen molar-refractivity contribution < 1.29 is 9.53 Å². The molecule has 5 nitrogen and oxygen atoms in total. The maximum absolute atomic E-state index is 12.7. The van der Waals surface area contributed by atoms with Crippen LogP contribution in [0.25, 0.3) is 11.1 Å². The molecule has 1 heterocycles. The van der Waals surface area contributed by atoms with E-state index in [4.69, 9.17) is 4.74 Å².